The van der Waals surface area contributed by atoms with Gasteiger partial charge in [0, 0.05) is 29.6 Å². The van der Waals surface area contributed by atoms with Gasteiger partial charge in [0.15, 0.2) is 0 Å². The van der Waals surface area contributed by atoms with Gasteiger partial charge in [0.05, 0.1) is 0 Å². The minimum Gasteiger partial charge on any atom is -0.339 e. The molecule has 6 nitrogen and oxygen atoms in total. The molecule has 1 aromatic heterocycles. The maximum Gasteiger partial charge on any atom is 0.253 e. The lowest BCUT2D eigenvalue weighted by Crippen LogP contribution is -2.41. The fourth-order valence-corrected chi connectivity index (χ4v) is 3.13. The summed E-state index contributed by atoms with van der Waals surface area (Å²) in [5.41, 5.74) is 2.19. The van der Waals surface area contributed by atoms with E-state index in [9.17, 15) is 9.59 Å². The van der Waals surface area contributed by atoms with E-state index in [0.717, 1.165) is 0 Å². The van der Waals surface area contributed by atoms with E-state index in [0.29, 0.717) is 41.6 Å². The second kappa shape index (κ2) is 7.06. The molecule has 0 atom stereocenters. The zero-order valence-corrected chi connectivity index (χ0v) is 13.8. The third kappa shape index (κ3) is 3.86. The Labute approximate surface area is 142 Å². The largest absolute Gasteiger partial charge is 0.339 e. The van der Waals surface area contributed by atoms with Crippen LogP contribution in [0.3, 0.4) is 0 Å². The van der Waals surface area contributed by atoms with Crippen LogP contribution < -0.4 is 5.32 Å². The van der Waals surface area contributed by atoms with E-state index < -0.39 is 0 Å². The molecule has 120 valence electrons. The van der Waals surface area contributed by atoms with Crippen LogP contribution in [0.25, 0.3) is 0 Å². The van der Waals surface area contributed by atoms with Gasteiger partial charge in [0.1, 0.15) is 5.51 Å². The normalized spacial score (nSPS) is 15.4. The Bertz CT molecular complexity index is 682. The lowest BCUT2D eigenvalue weighted by Gasteiger charge is -2.31. The Morgan fingerprint density at radius 2 is 1.91 bits per heavy atom. The van der Waals surface area contributed by atoms with Crippen LogP contribution in [0.4, 0.5) is 5.13 Å². The summed E-state index contributed by atoms with van der Waals surface area (Å²) >= 11 is 7.13. The number of likely N-dealkylation sites (tertiary alicyclic amines) is 1. The fourth-order valence-electron chi connectivity index (χ4n) is 2.55. The van der Waals surface area contributed by atoms with Crippen molar-refractivity contribution in [3.8, 4) is 0 Å². The van der Waals surface area contributed by atoms with Crippen molar-refractivity contribution in [3.63, 3.8) is 0 Å². The summed E-state index contributed by atoms with van der Waals surface area (Å²) in [6.07, 6.45) is 1.29. The topological polar surface area (TPSA) is 75.2 Å². The van der Waals surface area contributed by atoms with Gasteiger partial charge in [-0.3, -0.25) is 9.59 Å². The van der Waals surface area contributed by atoms with Gasteiger partial charge < -0.3 is 10.2 Å². The van der Waals surface area contributed by atoms with Crippen LogP contribution in [0.15, 0.2) is 29.8 Å². The van der Waals surface area contributed by atoms with E-state index in [1.165, 1.54) is 11.3 Å². The van der Waals surface area contributed by atoms with E-state index in [4.69, 9.17) is 11.6 Å². The Morgan fingerprint density at radius 3 is 2.52 bits per heavy atom. The average Bonchev–Trinajstić information content (AvgIpc) is 3.08. The molecule has 1 saturated heterocycles. The molecule has 0 spiro atoms. The van der Waals surface area contributed by atoms with Crippen molar-refractivity contribution in [2.45, 2.75) is 12.8 Å². The van der Waals surface area contributed by atoms with Gasteiger partial charge >= 0.3 is 0 Å². The van der Waals surface area contributed by atoms with E-state index >= 15 is 0 Å². The Balaban J connectivity index is 1.54. The highest BCUT2D eigenvalue weighted by atomic mass is 35.5. The van der Waals surface area contributed by atoms with Crippen LogP contribution in [0.1, 0.15) is 23.2 Å². The van der Waals surface area contributed by atoms with Gasteiger partial charge in [-0.25, -0.2) is 0 Å². The quantitative estimate of drug-likeness (QED) is 0.923. The molecule has 8 heteroatoms. The van der Waals surface area contributed by atoms with Gasteiger partial charge in [0.25, 0.3) is 5.91 Å². The number of hydrogen-bond donors (Lipinski definition) is 1. The van der Waals surface area contributed by atoms with Crippen LogP contribution in [-0.4, -0.2) is 40.0 Å². The first kappa shape index (κ1) is 15.9. The highest BCUT2D eigenvalue weighted by molar-refractivity contribution is 7.13. The minimum atomic E-state index is -0.104. The number of piperidine rings is 1. The summed E-state index contributed by atoms with van der Waals surface area (Å²) in [5, 5.41) is 11.4. The Kier molecular flexibility index (Phi) is 4.88. The van der Waals surface area contributed by atoms with Gasteiger partial charge in [-0.05, 0) is 37.1 Å². The van der Waals surface area contributed by atoms with E-state index in [2.05, 4.69) is 15.5 Å². The maximum absolute atomic E-state index is 12.4. The number of hydrogen-bond acceptors (Lipinski definition) is 5. The minimum absolute atomic E-state index is 0.0235. The zero-order valence-electron chi connectivity index (χ0n) is 12.2. The van der Waals surface area contributed by atoms with Crippen molar-refractivity contribution in [1.82, 2.24) is 15.1 Å². The Morgan fingerprint density at radius 1 is 1.22 bits per heavy atom. The second-order valence-electron chi connectivity index (χ2n) is 5.31. The first-order chi connectivity index (χ1) is 11.1. The summed E-state index contributed by atoms with van der Waals surface area (Å²) in [6, 6.07) is 6.85. The number of nitrogens with one attached hydrogen (secondary N) is 1. The molecule has 1 aliphatic heterocycles. The van der Waals surface area contributed by atoms with Crippen LogP contribution in [0, 0.1) is 5.92 Å². The molecule has 1 N–H and O–H groups in total. The van der Waals surface area contributed by atoms with Gasteiger partial charge in [-0.15, -0.1) is 10.2 Å². The molecule has 2 heterocycles. The number of benzene rings is 1. The third-order valence-corrected chi connectivity index (χ3v) is 4.69. The van der Waals surface area contributed by atoms with Crippen LogP contribution in [0.2, 0.25) is 5.02 Å². The number of rotatable bonds is 3. The second-order valence-corrected chi connectivity index (χ2v) is 6.58. The molecule has 23 heavy (non-hydrogen) atoms. The number of carbonyl (C=O) groups excluding carboxylic acids is 2. The van der Waals surface area contributed by atoms with Crippen molar-refractivity contribution in [2.75, 3.05) is 18.4 Å². The molecule has 2 aromatic rings. The van der Waals surface area contributed by atoms with Crippen LogP contribution in [0.5, 0.6) is 0 Å². The first-order valence-corrected chi connectivity index (χ1v) is 8.51. The van der Waals surface area contributed by atoms with Crippen LogP contribution in [-0.2, 0) is 4.79 Å². The van der Waals surface area contributed by atoms with E-state index in [1.54, 1.807) is 34.7 Å². The third-order valence-electron chi connectivity index (χ3n) is 3.83. The maximum atomic E-state index is 12.4. The summed E-state index contributed by atoms with van der Waals surface area (Å²) in [5.74, 6) is -0.182. The van der Waals surface area contributed by atoms with Gasteiger partial charge in [-0.2, -0.15) is 0 Å². The molecule has 0 aliphatic carbocycles. The monoisotopic (exact) mass is 350 g/mol. The number of halogens is 1. The number of carbonyl (C=O) groups is 2. The number of nitrogens with zero attached hydrogens (tertiary/aromatic N) is 3. The van der Waals surface area contributed by atoms with E-state index in [-0.39, 0.29) is 17.7 Å². The molecule has 1 fully saturated rings. The predicted molar refractivity (Wildman–Crippen MR) is 88.6 cm³/mol. The lowest BCUT2D eigenvalue weighted by atomic mass is 9.95. The standard InChI is InChI=1S/C15H15ClN4O2S/c16-12-3-1-11(2-4-12)14(22)20-7-5-10(6-8-20)13(21)18-15-19-17-9-23-15/h1-4,9-10H,5-8H2,(H,18,19,21). The van der Waals surface area contributed by atoms with Crippen LogP contribution >= 0.6 is 22.9 Å². The van der Waals surface area contributed by atoms with E-state index in [1.807, 2.05) is 0 Å². The summed E-state index contributed by atoms with van der Waals surface area (Å²) in [4.78, 5) is 26.3. The highest BCUT2D eigenvalue weighted by Crippen LogP contribution is 2.21. The van der Waals surface area contributed by atoms with Crippen molar-refractivity contribution < 1.29 is 9.59 Å². The van der Waals surface area contributed by atoms with Crippen molar-refractivity contribution in [3.05, 3.63) is 40.4 Å². The summed E-state index contributed by atoms with van der Waals surface area (Å²) in [6.45, 7) is 1.13. The Hall–Kier alpha value is -1.99. The lowest BCUT2D eigenvalue weighted by molar-refractivity contribution is -0.121. The SMILES string of the molecule is O=C(Nc1nncs1)C1CCN(C(=O)c2ccc(Cl)cc2)CC1. The average molecular weight is 351 g/mol. The molecule has 2 amide bonds. The first-order valence-electron chi connectivity index (χ1n) is 7.25. The smallest absolute Gasteiger partial charge is 0.253 e. The molecule has 0 radical (unpaired) electrons. The number of anilines is 1. The van der Waals surface area contributed by atoms with Crippen molar-refractivity contribution in [2.24, 2.45) is 5.92 Å². The summed E-state index contributed by atoms with van der Waals surface area (Å²) in [7, 11) is 0. The van der Waals surface area contributed by atoms with Gasteiger partial charge in [-0.1, -0.05) is 22.9 Å². The van der Waals surface area contributed by atoms with Gasteiger partial charge in [0.2, 0.25) is 11.0 Å². The molecule has 1 aromatic carbocycles. The molecule has 1 aliphatic rings. The predicted octanol–water partition coefficient (Wildman–Crippen LogP) is 2.68. The molecule has 3 rings (SSSR count). The molecule has 0 saturated carbocycles. The number of aromatic nitrogens is 2. The molecule has 0 unspecified atom stereocenters. The number of amides is 2. The van der Waals surface area contributed by atoms with Crippen molar-refractivity contribution >= 4 is 39.9 Å². The summed E-state index contributed by atoms with van der Waals surface area (Å²) < 4.78 is 0. The molecular weight excluding hydrogens is 336 g/mol. The zero-order chi connectivity index (χ0) is 16.2. The molecule has 0 bridgehead atoms. The molecular formula is C15H15ClN4O2S. The van der Waals surface area contributed by atoms with Crippen molar-refractivity contribution in [1.29, 1.82) is 0 Å². The highest BCUT2D eigenvalue weighted by Gasteiger charge is 2.28. The fraction of sp³-hybridized carbons (Fsp3) is 0.333.